The molecule has 3 rings (SSSR count). The van der Waals surface area contributed by atoms with Gasteiger partial charge in [-0.2, -0.15) is 0 Å². The zero-order valence-electron chi connectivity index (χ0n) is 10.9. The topological polar surface area (TPSA) is 64.4 Å². The molecule has 0 spiro atoms. The summed E-state index contributed by atoms with van der Waals surface area (Å²) in [6.45, 7) is 3.04. The van der Waals surface area contributed by atoms with Crippen LogP contribution < -0.4 is 11.1 Å². The van der Waals surface area contributed by atoms with Crippen molar-refractivity contribution in [2.24, 2.45) is 17.1 Å². The maximum Gasteiger partial charge on any atom is 0.227 e. The first-order valence-corrected chi connectivity index (χ1v) is 6.78. The summed E-state index contributed by atoms with van der Waals surface area (Å²) in [5.41, 5.74) is 6.40. The van der Waals surface area contributed by atoms with Crippen molar-refractivity contribution in [3.05, 3.63) is 0 Å². The van der Waals surface area contributed by atoms with Gasteiger partial charge in [0.25, 0.3) is 0 Å². The molecular formula is C13H23ClN2O2. The standard InChI is InChI=1S/C13H22N2O2.ClH/c1-13(5-2-6-13)7-15-12(16)10-8-3-4-9(17-8)11(10)14;/h8-11H,2-7,14H2,1H3,(H,15,16);1H/t8-,9+,10-,11+;/m1./s1. The van der Waals surface area contributed by atoms with Gasteiger partial charge in [0.15, 0.2) is 0 Å². The monoisotopic (exact) mass is 274 g/mol. The maximum absolute atomic E-state index is 12.2. The van der Waals surface area contributed by atoms with Crippen LogP contribution in [0.25, 0.3) is 0 Å². The Bertz CT molecular complexity index is 331. The lowest BCUT2D eigenvalue weighted by Crippen LogP contribution is -2.50. The summed E-state index contributed by atoms with van der Waals surface area (Å²) >= 11 is 0. The highest BCUT2D eigenvalue weighted by Crippen LogP contribution is 2.40. The third-order valence-corrected chi connectivity index (χ3v) is 4.88. The highest BCUT2D eigenvalue weighted by atomic mass is 35.5. The second kappa shape index (κ2) is 4.99. The van der Waals surface area contributed by atoms with Gasteiger partial charge in [-0.05, 0) is 31.1 Å². The molecule has 1 aliphatic carbocycles. The molecule has 2 aliphatic heterocycles. The van der Waals surface area contributed by atoms with Gasteiger partial charge in [0.05, 0.1) is 18.1 Å². The Hall–Kier alpha value is -0.320. The van der Waals surface area contributed by atoms with E-state index in [9.17, 15) is 4.79 Å². The quantitative estimate of drug-likeness (QED) is 0.813. The minimum atomic E-state index is -0.113. The van der Waals surface area contributed by atoms with Gasteiger partial charge < -0.3 is 15.8 Å². The van der Waals surface area contributed by atoms with Crippen LogP contribution in [-0.2, 0) is 9.53 Å². The Morgan fingerprint density at radius 1 is 1.39 bits per heavy atom. The molecule has 2 bridgehead atoms. The van der Waals surface area contributed by atoms with Gasteiger partial charge in [-0.3, -0.25) is 4.79 Å². The van der Waals surface area contributed by atoms with Crippen LogP contribution in [-0.4, -0.2) is 30.7 Å². The molecule has 1 amide bonds. The van der Waals surface area contributed by atoms with Crippen LogP contribution in [0.2, 0.25) is 0 Å². The Labute approximate surface area is 114 Å². The van der Waals surface area contributed by atoms with E-state index < -0.39 is 0 Å². The number of fused-ring (bicyclic) bond motifs is 2. The number of ether oxygens (including phenoxy) is 1. The number of carbonyl (C=O) groups is 1. The molecule has 0 unspecified atom stereocenters. The summed E-state index contributed by atoms with van der Waals surface area (Å²) in [5.74, 6) is -0.00440. The first-order valence-electron chi connectivity index (χ1n) is 6.78. The molecule has 0 aromatic carbocycles. The summed E-state index contributed by atoms with van der Waals surface area (Å²) in [4.78, 5) is 12.2. The van der Waals surface area contributed by atoms with Gasteiger partial charge in [-0.15, -0.1) is 12.4 Å². The van der Waals surface area contributed by atoms with Crippen molar-refractivity contribution in [2.75, 3.05) is 6.54 Å². The zero-order valence-corrected chi connectivity index (χ0v) is 11.7. The lowest BCUT2D eigenvalue weighted by molar-refractivity contribution is -0.127. The van der Waals surface area contributed by atoms with E-state index in [2.05, 4.69) is 12.2 Å². The average molecular weight is 275 g/mol. The van der Waals surface area contributed by atoms with Crippen molar-refractivity contribution in [2.45, 2.75) is 57.3 Å². The van der Waals surface area contributed by atoms with E-state index in [1.165, 1.54) is 19.3 Å². The van der Waals surface area contributed by atoms with Crippen molar-refractivity contribution in [1.82, 2.24) is 5.32 Å². The summed E-state index contributed by atoms with van der Waals surface area (Å²) in [5, 5.41) is 3.08. The number of hydrogen-bond donors (Lipinski definition) is 2. The molecule has 104 valence electrons. The van der Waals surface area contributed by atoms with Gasteiger partial charge in [-0.25, -0.2) is 0 Å². The lowest BCUT2D eigenvalue weighted by Gasteiger charge is -2.39. The smallest absolute Gasteiger partial charge is 0.227 e. The predicted octanol–water partition coefficient (Wildman–Crippen LogP) is 1.22. The van der Waals surface area contributed by atoms with Crippen LogP contribution >= 0.6 is 12.4 Å². The first-order chi connectivity index (χ1) is 8.09. The third-order valence-electron chi connectivity index (χ3n) is 4.88. The highest BCUT2D eigenvalue weighted by Gasteiger charge is 2.50. The van der Waals surface area contributed by atoms with Gasteiger partial charge >= 0.3 is 0 Å². The largest absolute Gasteiger partial charge is 0.372 e. The molecule has 5 heteroatoms. The molecule has 18 heavy (non-hydrogen) atoms. The third kappa shape index (κ3) is 2.26. The molecule has 0 aromatic rings. The van der Waals surface area contributed by atoms with Crippen LogP contribution in [0.4, 0.5) is 0 Å². The van der Waals surface area contributed by atoms with E-state index in [-0.39, 0.29) is 42.5 Å². The SMILES string of the molecule is CC1(CNC(=O)[C@H]2[C@@H](N)[C@@H]3CC[C@H]2O3)CCC1.Cl. The van der Waals surface area contributed by atoms with Crippen molar-refractivity contribution < 1.29 is 9.53 Å². The molecule has 4 atom stereocenters. The normalized spacial score (nSPS) is 39.9. The molecule has 3 aliphatic rings. The van der Waals surface area contributed by atoms with Crippen molar-refractivity contribution in [1.29, 1.82) is 0 Å². The fourth-order valence-corrected chi connectivity index (χ4v) is 3.43. The van der Waals surface area contributed by atoms with E-state index in [1.54, 1.807) is 0 Å². The molecular weight excluding hydrogens is 252 g/mol. The summed E-state index contributed by atoms with van der Waals surface area (Å²) in [6, 6.07) is -0.0945. The van der Waals surface area contributed by atoms with Crippen molar-refractivity contribution in [3.8, 4) is 0 Å². The first kappa shape index (κ1) is 14.1. The van der Waals surface area contributed by atoms with Gasteiger partial charge in [0.1, 0.15) is 0 Å². The number of nitrogens with two attached hydrogens (primary N) is 1. The number of nitrogens with one attached hydrogen (secondary N) is 1. The van der Waals surface area contributed by atoms with Gasteiger partial charge in [-0.1, -0.05) is 13.3 Å². The van der Waals surface area contributed by atoms with Gasteiger partial charge in [0.2, 0.25) is 5.91 Å². The molecule has 1 saturated carbocycles. The molecule has 0 aromatic heterocycles. The zero-order chi connectivity index (χ0) is 12.0. The minimum Gasteiger partial charge on any atom is -0.372 e. The highest BCUT2D eigenvalue weighted by molar-refractivity contribution is 5.85. The molecule has 0 radical (unpaired) electrons. The van der Waals surface area contributed by atoms with E-state index in [0.717, 1.165) is 19.4 Å². The van der Waals surface area contributed by atoms with E-state index in [4.69, 9.17) is 10.5 Å². The Balaban J connectivity index is 0.00000120. The fraction of sp³-hybridized carbons (Fsp3) is 0.923. The predicted molar refractivity (Wildman–Crippen MR) is 71.6 cm³/mol. The Morgan fingerprint density at radius 2 is 2.06 bits per heavy atom. The minimum absolute atomic E-state index is 0. The second-order valence-corrected chi connectivity index (χ2v) is 6.28. The summed E-state index contributed by atoms with van der Waals surface area (Å²) < 4.78 is 5.70. The van der Waals surface area contributed by atoms with E-state index in [0.29, 0.717) is 5.41 Å². The molecule has 4 nitrogen and oxygen atoms in total. The van der Waals surface area contributed by atoms with E-state index in [1.807, 2.05) is 0 Å². The molecule has 2 heterocycles. The fourth-order valence-electron chi connectivity index (χ4n) is 3.43. The van der Waals surface area contributed by atoms with Crippen LogP contribution in [0.1, 0.15) is 39.0 Å². The maximum atomic E-state index is 12.2. The summed E-state index contributed by atoms with van der Waals surface area (Å²) in [7, 11) is 0. The number of halogens is 1. The Morgan fingerprint density at radius 3 is 2.56 bits per heavy atom. The molecule has 2 saturated heterocycles. The van der Waals surface area contributed by atoms with Crippen LogP contribution in [0, 0.1) is 11.3 Å². The van der Waals surface area contributed by atoms with Crippen LogP contribution in [0.3, 0.4) is 0 Å². The Kier molecular flexibility index (Phi) is 3.90. The number of hydrogen-bond acceptors (Lipinski definition) is 3. The number of carbonyl (C=O) groups excluding carboxylic acids is 1. The lowest BCUT2D eigenvalue weighted by atomic mass is 9.70. The number of amides is 1. The van der Waals surface area contributed by atoms with Crippen molar-refractivity contribution in [3.63, 3.8) is 0 Å². The van der Waals surface area contributed by atoms with Gasteiger partial charge in [0, 0.05) is 12.6 Å². The van der Waals surface area contributed by atoms with Crippen molar-refractivity contribution >= 4 is 18.3 Å². The number of rotatable bonds is 3. The van der Waals surface area contributed by atoms with Crippen LogP contribution in [0.15, 0.2) is 0 Å². The molecule has 3 fully saturated rings. The summed E-state index contributed by atoms with van der Waals surface area (Å²) in [6.07, 6.45) is 5.96. The average Bonchev–Trinajstić information content (AvgIpc) is 2.83. The second-order valence-electron chi connectivity index (χ2n) is 6.28. The van der Waals surface area contributed by atoms with Crippen LogP contribution in [0.5, 0.6) is 0 Å². The van der Waals surface area contributed by atoms with E-state index >= 15 is 0 Å². The molecule has 3 N–H and O–H groups in total.